The van der Waals surface area contributed by atoms with Gasteiger partial charge in [-0.25, -0.2) is 0 Å². The summed E-state index contributed by atoms with van der Waals surface area (Å²) in [6, 6.07) is 1.76. The third-order valence-corrected chi connectivity index (χ3v) is 5.67. The number of halogens is 1. The molecular weight excluding hydrogens is 362 g/mol. The highest BCUT2D eigenvalue weighted by atomic mass is 35.5. The van der Waals surface area contributed by atoms with E-state index in [1.165, 1.54) is 11.3 Å². The Morgan fingerprint density at radius 1 is 1.40 bits per heavy atom. The summed E-state index contributed by atoms with van der Waals surface area (Å²) >= 11 is 1.42. The second-order valence-electron chi connectivity index (χ2n) is 6.50. The summed E-state index contributed by atoms with van der Waals surface area (Å²) in [4.78, 5) is 27.3. The number of hydrogen-bond donors (Lipinski definition) is 2. The van der Waals surface area contributed by atoms with Crippen molar-refractivity contribution in [1.29, 1.82) is 0 Å². The fourth-order valence-corrected chi connectivity index (χ4v) is 4.21. The minimum absolute atomic E-state index is 0. The van der Waals surface area contributed by atoms with Crippen LogP contribution in [0, 0.1) is 5.92 Å². The topological polar surface area (TPSA) is 70.7 Å². The summed E-state index contributed by atoms with van der Waals surface area (Å²) in [5.41, 5.74) is 0. The molecule has 0 aliphatic carbocycles. The fourth-order valence-electron chi connectivity index (χ4n) is 3.39. The average molecular weight is 388 g/mol. The molecule has 3 rings (SSSR count). The van der Waals surface area contributed by atoms with Crippen molar-refractivity contribution >= 4 is 35.6 Å². The standard InChI is InChI=1S/C17H25N3O3S.ClH/c1-23-13-8-15(24-11-13)17(22)20-7-3-4-12(10-20)9-19-16(21)14-5-2-6-18-14;/h8,11-12,14,18H,2-7,9-10H2,1H3,(H,19,21);1H. The quantitative estimate of drug-likeness (QED) is 0.809. The summed E-state index contributed by atoms with van der Waals surface area (Å²) in [6.07, 6.45) is 4.02. The molecular formula is C17H26ClN3O3S. The molecule has 2 atom stereocenters. The largest absolute Gasteiger partial charge is 0.496 e. The van der Waals surface area contributed by atoms with Crippen molar-refractivity contribution in [3.8, 4) is 5.75 Å². The number of amides is 2. The number of carbonyl (C=O) groups is 2. The van der Waals surface area contributed by atoms with Crippen LogP contribution in [0.25, 0.3) is 0 Å². The van der Waals surface area contributed by atoms with Gasteiger partial charge in [0.05, 0.1) is 18.0 Å². The summed E-state index contributed by atoms with van der Waals surface area (Å²) < 4.78 is 5.15. The van der Waals surface area contributed by atoms with Crippen LogP contribution in [-0.2, 0) is 4.79 Å². The predicted molar refractivity (Wildman–Crippen MR) is 101 cm³/mol. The molecule has 2 fully saturated rings. The Hall–Kier alpha value is -1.31. The Morgan fingerprint density at radius 3 is 2.92 bits per heavy atom. The summed E-state index contributed by atoms with van der Waals surface area (Å²) in [5.74, 6) is 1.22. The third-order valence-electron chi connectivity index (χ3n) is 4.77. The number of ether oxygens (including phenoxy) is 1. The number of piperidine rings is 1. The van der Waals surface area contributed by atoms with Crippen molar-refractivity contribution in [2.24, 2.45) is 5.92 Å². The van der Waals surface area contributed by atoms with E-state index in [0.29, 0.717) is 23.9 Å². The lowest BCUT2D eigenvalue weighted by Crippen LogP contribution is -2.46. The molecule has 2 amide bonds. The molecule has 2 unspecified atom stereocenters. The lowest BCUT2D eigenvalue weighted by Gasteiger charge is -2.32. The number of hydrogen-bond acceptors (Lipinski definition) is 5. The van der Waals surface area contributed by atoms with Gasteiger partial charge in [0.2, 0.25) is 5.91 Å². The molecule has 3 heterocycles. The fraction of sp³-hybridized carbons (Fsp3) is 0.647. The predicted octanol–water partition coefficient (Wildman–Crippen LogP) is 1.90. The van der Waals surface area contributed by atoms with Gasteiger partial charge in [-0.05, 0) is 38.1 Å². The van der Waals surface area contributed by atoms with Crippen LogP contribution in [0.5, 0.6) is 5.75 Å². The molecule has 0 spiro atoms. The number of carbonyl (C=O) groups excluding carboxylic acids is 2. The highest BCUT2D eigenvalue weighted by molar-refractivity contribution is 7.12. The van der Waals surface area contributed by atoms with E-state index in [1.54, 1.807) is 13.2 Å². The van der Waals surface area contributed by atoms with Crippen LogP contribution >= 0.6 is 23.7 Å². The molecule has 0 saturated carbocycles. The van der Waals surface area contributed by atoms with Gasteiger partial charge in [0, 0.05) is 31.1 Å². The molecule has 2 saturated heterocycles. The second kappa shape index (κ2) is 9.40. The van der Waals surface area contributed by atoms with E-state index in [2.05, 4.69) is 10.6 Å². The lowest BCUT2D eigenvalue weighted by atomic mass is 9.97. The van der Waals surface area contributed by atoms with E-state index < -0.39 is 0 Å². The smallest absolute Gasteiger partial charge is 0.264 e. The van der Waals surface area contributed by atoms with E-state index in [0.717, 1.165) is 44.5 Å². The van der Waals surface area contributed by atoms with Crippen LogP contribution < -0.4 is 15.4 Å². The number of rotatable bonds is 5. The van der Waals surface area contributed by atoms with Gasteiger partial charge < -0.3 is 20.3 Å². The molecule has 8 heteroatoms. The van der Waals surface area contributed by atoms with Gasteiger partial charge in [-0.1, -0.05) is 0 Å². The van der Waals surface area contributed by atoms with Crippen molar-refractivity contribution in [2.75, 3.05) is 33.3 Å². The van der Waals surface area contributed by atoms with Crippen molar-refractivity contribution in [3.05, 3.63) is 16.3 Å². The first kappa shape index (κ1) is 20.0. The maximum Gasteiger partial charge on any atom is 0.264 e. The van der Waals surface area contributed by atoms with Crippen molar-refractivity contribution in [2.45, 2.75) is 31.7 Å². The molecule has 2 aliphatic heterocycles. The van der Waals surface area contributed by atoms with Gasteiger partial charge in [-0.3, -0.25) is 9.59 Å². The van der Waals surface area contributed by atoms with Gasteiger partial charge in [0.25, 0.3) is 5.91 Å². The maximum absolute atomic E-state index is 12.6. The Labute approximate surface area is 158 Å². The minimum atomic E-state index is -0.0371. The zero-order chi connectivity index (χ0) is 16.9. The van der Waals surface area contributed by atoms with Crippen LogP contribution in [-0.4, -0.2) is 56.0 Å². The van der Waals surface area contributed by atoms with Crippen LogP contribution in [0.1, 0.15) is 35.4 Å². The number of methoxy groups -OCH3 is 1. The summed E-state index contributed by atoms with van der Waals surface area (Å²) in [5, 5.41) is 8.11. The minimum Gasteiger partial charge on any atom is -0.496 e. The van der Waals surface area contributed by atoms with E-state index in [4.69, 9.17) is 4.74 Å². The highest BCUT2D eigenvalue weighted by Gasteiger charge is 2.27. The second-order valence-corrected chi connectivity index (χ2v) is 7.42. The van der Waals surface area contributed by atoms with Crippen LogP contribution in [0.4, 0.5) is 0 Å². The first-order valence-electron chi connectivity index (χ1n) is 8.60. The molecule has 0 aromatic carbocycles. The van der Waals surface area contributed by atoms with Crippen LogP contribution in [0.3, 0.4) is 0 Å². The van der Waals surface area contributed by atoms with E-state index in [1.807, 2.05) is 10.3 Å². The number of nitrogens with zero attached hydrogens (tertiary/aromatic N) is 1. The van der Waals surface area contributed by atoms with Crippen LogP contribution in [0.15, 0.2) is 11.4 Å². The van der Waals surface area contributed by atoms with Gasteiger partial charge >= 0.3 is 0 Å². The Balaban J connectivity index is 0.00000225. The zero-order valence-electron chi connectivity index (χ0n) is 14.5. The number of nitrogens with one attached hydrogen (secondary N) is 2. The van der Waals surface area contributed by atoms with Gasteiger partial charge in [-0.2, -0.15) is 0 Å². The first-order chi connectivity index (χ1) is 11.7. The van der Waals surface area contributed by atoms with Crippen molar-refractivity contribution < 1.29 is 14.3 Å². The SMILES string of the molecule is COc1csc(C(=O)N2CCCC(CNC(=O)C3CCCN3)C2)c1.Cl. The van der Waals surface area contributed by atoms with Crippen molar-refractivity contribution in [1.82, 2.24) is 15.5 Å². The molecule has 2 N–H and O–H groups in total. The summed E-state index contributed by atoms with van der Waals surface area (Å²) in [7, 11) is 1.61. The van der Waals surface area contributed by atoms with Gasteiger partial charge in [-0.15, -0.1) is 23.7 Å². The van der Waals surface area contributed by atoms with E-state index in [-0.39, 0.29) is 30.3 Å². The molecule has 25 heavy (non-hydrogen) atoms. The molecule has 0 bridgehead atoms. The number of thiophene rings is 1. The third kappa shape index (κ3) is 5.09. The molecule has 1 aromatic heterocycles. The molecule has 2 aliphatic rings. The van der Waals surface area contributed by atoms with Crippen LogP contribution in [0.2, 0.25) is 0 Å². The highest BCUT2D eigenvalue weighted by Crippen LogP contribution is 2.25. The normalized spacial score (nSPS) is 23.0. The van der Waals surface area contributed by atoms with Gasteiger partial charge in [0.15, 0.2) is 0 Å². The maximum atomic E-state index is 12.6. The van der Waals surface area contributed by atoms with Gasteiger partial charge in [0.1, 0.15) is 5.75 Å². The summed E-state index contributed by atoms with van der Waals surface area (Å²) in [6.45, 7) is 3.06. The van der Waals surface area contributed by atoms with E-state index >= 15 is 0 Å². The molecule has 140 valence electrons. The molecule has 0 radical (unpaired) electrons. The Kier molecular flexibility index (Phi) is 7.53. The number of likely N-dealkylation sites (tertiary alicyclic amines) is 1. The first-order valence-corrected chi connectivity index (χ1v) is 9.48. The average Bonchev–Trinajstić information content (AvgIpc) is 3.30. The zero-order valence-corrected chi connectivity index (χ0v) is 16.1. The Bertz CT molecular complexity index is 589. The van der Waals surface area contributed by atoms with E-state index in [9.17, 15) is 9.59 Å². The lowest BCUT2D eigenvalue weighted by molar-refractivity contribution is -0.123. The molecule has 1 aromatic rings. The monoisotopic (exact) mass is 387 g/mol. The van der Waals surface area contributed by atoms with Crippen molar-refractivity contribution in [3.63, 3.8) is 0 Å². The Morgan fingerprint density at radius 2 is 2.24 bits per heavy atom. The molecule has 6 nitrogen and oxygen atoms in total.